The molecule has 0 bridgehead atoms. The van der Waals surface area contributed by atoms with Gasteiger partial charge in [0.1, 0.15) is 11.4 Å². The van der Waals surface area contributed by atoms with E-state index in [1.165, 1.54) is 12.1 Å². The van der Waals surface area contributed by atoms with E-state index in [2.05, 4.69) is 10.6 Å². The number of nitrogens with one attached hydrogen (secondary N) is 2. The molecule has 0 spiro atoms. The van der Waals surface area contributed by atoms with Gasteiger partial charge in [-0.15, -0.1) is 0 Å². The molecule has 1 atom stereocenters. The molecule has 5 heteroatoms. The molecule has 1 aromatic carbocycles. The lowest BCUT2D eigenvalue weighted by atomic mass is 9.93. The van der Waals surface area contributed by atoms with Crippen LogP contribution in [0.4, 0.5) is 9.18 Å². The van der Waals surface area contributed by atoms with Crippen LogP contribution >= 0.6 is 0 Å². The molecule has 1 fully saturated rings. The summed E-state index contributed by atoms with van der Waals surface area (Å²) in [7, 11) is 0. The quantitative estimate of drug-likeness (QED) is 0.732. The summed E-state index contributed by atoms with van der Waals surface area (Å²) < 4.78 is 13.0. The van der Waals surface area contributed by atoms with Crippen LogP contribution in [0, 0.1) is 5.82 Å². The highest BCUT2D eigenvalue weighted by molar-refractivity contribution is 6.06. The van der Waals surface area contributed by atoms with Gasteiger partial charge in [0.15, 0.2) is 0 Å². The molecule has 3 amide bonds. The van der Waals surface area contributed by atoms with Crippen LogP contribution in [0.15, 0.2) is 24.3 Å². The van der Waals surface area contributed by atoms with E-state index >= 15 is 0 Å². The average molecular weight is 222 g/mol. The van der Waals surface area contributed by atoms with Crippen molar-refractivity contribution >= 4 is 11.9 Å². The summed E-state index contributed by atoms with van der Waals surface area (Å²) in [5, 5.41) is 4.69. The van der Waals surface area contributed by atoms with Crippen LogP contribution in [0.1, 0.15) is 12.5 Å². The largest absolute Gasteiger partial charge is 0.323 e. The van der Waals surface area contributed by atoms with Crippen molar-refractivity contribution in [2.24, 2.45) is 0 Å². The smallest absolute Gasteiger partial charge is 0.322 e. The van der Waals surface area contributed by atoms with Gasteiger partial charge >= 0.3 is 6.03 Å². The Labute approximate surface area is 91.8 Å². The van der Waals surface area contributed by atoms with Gasteiger partial charge in [0.05, 0.1) is 0 Å². The maximum absolute atomic E-state index is 13.0. The number of benzene rings is 1. The van der Waals surface area contributed by atoms with Crippen molar-refractivity contribution in [1.29, 1.82) is 0 Å². The van der Waals surface area contributed by atoms with Crippen molar-refractivity contribution in [2.45, 2.75) is 18.9 Å². The predicted octanol–water partition coefficient (Wildman–Crippen LogP) is 0.966. The molecular weight excluding hydrogens is 211 g/mol. The molecule has 2 rings (SSSR count). The highest BCUT2D eigenvalue weighted by atomic mass is 19.1. The van der Waals surface area contributed by atoms with Crippen LogP contribution in [0.5, 0.6) is 0 Å². The fraction of sp³-hybridized carbons (Fsp3) is 0.273. The standard InChI is InChI=1S/C11H11FN2O2/c1-11(9(15)13-10(16)14-11)6-7-3-2-4-8(12)5-7/h2-5H,6H2,1H3,(H2,13,14,15,16). The predicted molar refractivity (Wildman–Crippen MR) is 55.2 cm³/mol. The van der Waals surface area contributed by atoms with Crippen LogP contribution in [0.25, 0.3) is 0 Å². The van der Waals surface area contributed by atoms with Gasteiger partial charge in [-0.25, -0.2) is 9.18 Å². The number of hydrogen-bond donors (Lipinski definition) is 2. The highest BCUT2D eigenvalue weighted by Crippen LogP contribution is 2.17. The Morgan fingerprint density at radius 2 is 2.12 bits per heavy atom. The SMILES string of the molecule is CC1(Cc2cccc(F)c2)NC(=O)NC1=O. The Bertz CT molecular complexity index is 461. The molecule has 1 aliphatic heterocycles. The van der Waals surface area contributed by atoms with Gasteiger partial charge in [0.25, 0.3) is 5.91 Å². The second kappa shape index (κ2) is 3.59. The lowest BCUT2D eigenvalue weighted by molar-refractivity contribution is -0.123. The Morgan fingerprint density at radius 1 is 1.38 bits per heavy atom. The first-order chi connectivity index (χ1) is 7.49. The summed E-state index contributed by atoms with van der Waals surface area (Å²) in [6.45, 7) is 1.61. The molecule has 1 aromatic rings. The minimum atomic E-state index is -0.995. The van der Waals surface area contributed by atoms with Crippen molar-refractivity contribution in [3.8, 4) is 0 Å². The van der Waals surface area contributed by atoms with Gasteiger partial charge in [0, 0.05) is 6.42 Å². The van der Waals surface area contributed by atoms with E-state index in [1.807, 2.05) is 0 Å². The van der Waals surface area contributed by atoms with E-state index in [0.29, 0.717) is 5.56 Å². The Hall–Kier alpha value is -1.91. The third-order valence-electron chi connectivity index (χ3n) is 2.56. The summed E-state index contributed by atoms with van der Waals surface area (Å²) in [6, 6.07) is 5.46. The van der Waals surface area contributed by atoms with Crippen LogP contribution in [0.3, 0.4) is 0 Å². The number of amides is 3. The topological polar surface area (TPSA) is 58.2 Å². The molecule has 1 saturated heterocycles. The lowest BCUT2D eigenvalue weighted by Crippen LogP contribution is -2.45. The highest BCUT2D eigenvalue weighted by Gasteiger charge is 2.41. The van der Waals surface area contributed by atoms with Crippen LogP contribution in [-0.2, 0) is 11.2 Å². The van der Waals surface area contributed by atoms with Crippen molar-refractivity contribution in [2.75, 3.05) is 0 Å². The summed E-state index contributed by atoms with van der Waals surface area (Å²) in [6.07, 6.45) is 0.266. The van der Waals surface area contributed by atoms with Crippen molar-refractivity contribution < 1.29 is 14.0 Å². The number of rotatable bonds is 2. The lowest BCUT2D eigenvalue weighted by Gasteiger charge is -2.20. The molecular formula is C11H11FN2O2. The van der Waals surface area contributed by atoms with Crippen LogP contribution < -0.4 is 10.6 Å². The average Bonchev–Trinajstić information content (AvgIpc) is 2.39. The number of carbonyl (C=O) groups excluding carboxylic acids is 2. The number of urea groups is 1. The first-order valence-electron chi connectivity index (χ1n) is 4.88. The Morgan fingerprint density at radius 3 is 2.69 bits per heavy atom. The van der Waals surface area contributed by atoms with Crippen LogP contribution in [0.2, 0.25) is 0 Å². The van der Waals surface area contributed by atoms with E-state index in [4.69, 9.17) is 0 Å². The molecule has 1 unspecified atom stereocenters. The van der Waals surface area contributed by atoms with E-state index in [9.17, 15) is 14.0 Å². The van der Waals surface area contributed by atoms with E-state index < -0.39 is 11.6 Å². The molecule has 4 nitrogen and oxygen atoms in total. The molecule has 84 valence electrons. The second-order valence-electron chi connectivity index (χ2n) is 4.05. The van der Waals surface area contributed by atoms with Crippen molar-refractivity contribution in [3.05, 3.63) is 35.6 Å². The number of carbonyl (C=O) groups is 2. The second-order valence-corrected chi connectivity index (χ2v) is 4.05. The van der Waals surface area contributed by atoms with Gasteiger partial charge < -0.3 is 5.32 Å². The molecule has 1 aliphatic rings. The maximum Gasteiger partial charge on any atom is 0.322 e. The molecule has 0 aliphatic carbocycles. The summed E-state index contributed by atoms with van der Waals surface area (Å²) >= 11 is 0. The van der Waals surface area contributed by atoms with Crippen LogP contribution in [-0.4, -0.2) is 17.5 Å². The molecule has 16 heavy (non-hydrogen) atoms. The first kappa shape index (κ1) is 10.6. The Kier molecular flexibility index (Phi) is 2.38. The van der Waals surface area contributed by atoms with Gasteiger partial charge in [-0.3, -0.25) is 10.1 Å². The minimum absolute atomic E-state index is 0.266. The monoisotopic (exact) mass is 222 g/mol. The normalized spacial score (nSPS) is 24.1. The maximum atomic E-state index is 13.0. The van der Waals surface area contributed by atoms with E-state index in [1.54, 1.807) is 19.1 Å². The summed E-state index contributed by atoms with van der Waals surface area (Å²) in [5.41, 5.74) is -0.329. The minimum Gasteiger partial charge on any atom is -0.323 e. The van der Waals surface area contributed by atoms with Gasteiger partial charge in [0.2, 0.25) is 0 Å². The van der Waals surface area contributed by atoms with Gasteiger partial charge in [-0.05, 0) is 24.6 Å². The number of hydrogen-bond acceptors (Lipinski definition) is 2. The summed E-state index contributed by atoms with van der Waals surface area (Å²) in [5.74, 6) is -0.743. The van der Waals surface area contributed by atoms with Crippen molar-refractivity contribution in [3.63, 3.8) is 0 Å². The third kappa shape index (κ3) is 1.88. The zero-order valence-corrected chi connectivity index (χ0v) is 8.71. The Balaban J connectivity index is 2.21. The molecule has 0 radical (unpaired) electrons. The summed E-state index contributed by atoms with van der Waals surface area (Å²) in [4.78, 5) is 22.5. The fourth-order valence-corrected chi connectivity index (χ4v) is 1.76. The molecule has 0 saturated carbocycles. The fourth-order valence-electron chi connectivity index (χ4n) is 1.76. The number of imide groups is 1. The first-order valence-corrected chi connectivity index (χ1v) is 4.88. The van der Waals surface area contributed by atoms with Gasteiger partial charge in [-0.1, -0.05) is 12.1 Å². The molecule has 0 aromatic heterocycles. The molecule has 1 heterocycles. The molecule has 2 N–H and O–H groups in total. The van der Waals surface area contributed by atoms with Gasteiger partial charge in [-0.2, -0.15) is 0 Å². The van der Waals surface area contributed by atoms with Crippen molar-refractivity contribution in [1.82, 2.24) is 10.6 Å². The zero-order chi connectivity index (χ0) is 11.8. The third-order valence-corrected chi connectivity index (χ3v) is 2.56. The number of halogens is 1. The van der Waals surface area contributed by atoms with E-state index in [0.717, 1.165) is 0 Å². The van der Waals surface area contributed by atoms with E-state index in [-0.39, 0.29) is 18.1 Å². The zero-order valence-electron chi connectivity index (χ0n) is 8.71.